The topological polar surface area (TPSA) is 54.9 Å². The molecule has 0 spiro atoms. The van der Waals surface area contributed by atoms with Gasteiger partial charge in [0.05, 0.1) is 19.4 Å². The molecule has 5 nitrogen and oxygen atoms in total. The molecule has 114 valence electrons. The van der Waals surface area contributed by atoms with E-state index in [-0.39, 0.29) is 6.10 Å². The zero-order chi connectivity index (χ0) is 15.7. The van der Waals surface area contributed by atoms with E-state index in [2.05, 4.69) is 22.4 Å². The highest BCUT2D eigenvalue weighted by Crippen LogP contribution is 2.28. The first-order valence-electron chi connectivity index (χ1n) is 6.59. The Balaban J connectivity index is 2.70. The Morgan fingerprint density at radius 3 is 2.81 bits per heavy atom. The van der Waals surface area contributed by atoms with Crippen molar-refractivity contribution in [3.05, 3.63) is 36.4 Å². The number of thiocarbonyl (C=S) groups is 1. The first-order chi connectivity index (χ1) is 10.1. The van der Waals surface area contributed by atoms with Crippen molar-refractivity contribution in [2.24, 2.45) is 5.10 Å². The lowest BCUT2D eigenvalue weighted by Crippen LogP contribution is -2.31. The van der Waals surface area contributed by atoms with Crippen molar-refractivity contribution in [3.8, 4) is 11.5 Å². The summed E-state index contributed by atoms with van der Waals surface area (Å²) < 4.78 is 11.0. The summed E-state index contributed by atoms with van der Waals surface area (Å²) in [5.74, 6) is 1.38. The van der Waals surface area contributed by atoms with Crippen LogP contribution in [-0.2, 0) is 0 Å². The Bertz CT molecular complexity index is 516. The second-order valence-corrected chi connectivity index (χ2v) is 4.85. The molecular weight excluding hydrogens is 286 g/mol. The van der Waals surface area contributed by atoms with Crippen LogP contribution in [0, 0.1) is 0 Å². The fraction of sp³-hybridized carbons (Fsp3) is 0.333. The summed E-state index contributed by atoms with van der Waals surface area (Å²) in [6.07, 6.45) is 3.45. The molecular formula is C15H21N3O2S. The minimum absolute atomic E-state index is 0.0693. The number of hydrogen-bond donors (Lipinski definition) is 2. The highest BCUT2D eigenvalue weighted by molar-refractivity contribution is 7.80. The molecule has 0 amide bonds. The quantitative estimate of drug-likeness (QED) is 0.351. The minimum Gasteiger partial charge on any atom is -0.493 e. The Kier molecular flexibility index (Phi) is 7.25. The predicted octanol–water partition coefficient (Wildman–Crippen LogP) is 2.47. The van der Waals surface area contributed by atoms with Crippen LogP contribution in [0.3, 0.4) is 0 Å². The minimum atomic E-state index is 0.0693. The monoisotopic (exact) mass is 307 g/mol. The van der Waals surface area contributed by atoms with E-state index in [0.717, 1.165) is 5.56 Å². The summed E-state index contributed by atoms with van der Waals surface area (Å²) in [5, 5.41) is 7.42. The number of rotatable bonds is 7. The summed E-state index contributed by atoms with van der Waals surface area (Å²) in [6, 6.07) is 5.59. The zero-order valence-electron chi connectivity index (χ0n) is 12.6. The maximum absolute atomic E-state index is 5.70. The van der Waals surface area contributed by atoms with Crippen LogP contribution in [0.4, 0.5) is 0 Å². The van der Waals surface area contributed by atoms with E-state index < -0.39 is 0 Å². The number of benzene rings is 1. The van der Waals surface area contributed by atoms with E-state index in [0.29, 0.717) is 23.2 Å². The summed E-state index contributed by atoms with van der Waals surface area (Å²) in [6.45, 7) is 8.12. The molecule has 21 heavy (non-hydrogen) atoms. The lowest BCUT2D eigenvalue weighted by atomic mass is 10.2. The molecule has 0 heterocycles. The van der Waals surface area contributed by atoms with E-state index in [9.17, 15) is 0 Å². The zero-order valence-corrected chi connectivity index (χ0v) is 13.4. The SMILES string of the molecule is C=CCNC(=S)N/N=C/c1ccc(OC)c(OC(C)C)c1. The third-order valence-corrected chi connectivity index (χ3v) is 2.57. The number of hydrogen-bond acceptors (Lipinski definition) is 4. The van der Waals surface area contributed by atoms with Gasteiger partial charge in [-0.25, -0.2) is 0 Å². The molecule has 1 rings (SSSR count). The smallest absolute Gasteiger partial charge is 0.187 e. The Morgan fingerprint density at radius 1 is 1.43 bits per heavy atom. The van der Waals surface area contributed by atoms with Gasteiger partial charge >= 0.3 is 0 Å². The average Bonchev–Trinajstić information content (AvgIpc) is 2.45. The van der Waals surface area contributed by atoms with Gasteiger partial charge in [0.15, 0.2) is 16.6 Å². The first-order valence-corrected chi connectivity index (χ1v) is 7.00. The van der Waals surface area contributed by atoms with Crippen molar-refractivity contribution in [2.45, 2.75) is 20.0 Å². The van der Waals surface area contributed by atoms with Crippen LogP contribution in [0.1, 0.15) is 19.4 Å². The molecule has 0 fully saturated rings. The molecule has 1 aromatic rings. The molecule has 0 aliphatic carbocycles. The molecule has 0 radical (unpaired) electrons. The second kappa shape index (κ2) is 8.97. The van der Waals surface area contributed by atoms with Crippen LogP contribution in [0.2, 0.25) is 0 Å². The second-order valence-electron chi connectivity index (χ2n) is 4.45. The number of methoxy groups -OCH3 is 1. The summed E-state index contributed by atoms with van der Waals surface area (Å²) in [7, 11) is 1.61. The fourth-order valence-electron chi connectivity index (χ4n) is 1.49. The lowest BCUT2D eigenvalue weighted by molar-refractivity contribution is 0.230. The molecule has 2 N–H and O–H groups in total. The summed E-state index contributed by atoms with van der Waals surface area (Å²) >= 11 is 5.03. The molecule has 0 saturated carbocycles. The van der Waals surface area contributed by atoms with Crippen molar-refractivity contribution < 1.29 is 9.47 Å². The van der Waals surface area contributed by atoms with Crippen molar-refractivity contribution in [3.63, 3.8) is 0 Å². The third-order valence-electron chi connectivity index (χ3n) is 2.34. The molecule has 0 aliphatic rings. The molecule has 0 unspecified atom stereocenters. The van der Waals surface area contributed by atoms with Gasteiger partial charge < -0.3 is 14.8 Å². The van der Waals surface area contributed by atoms with E-state index in [1.54, 1.807) is 19.4 Å². The maximum atomic E-state index is 5.70. The van der Waals surface area contributed by atoms with Crippen LogP contribution >= 0.6 is 12.2 Å². The first kappa shape index (κ1) is 17.0. The summed E-state index contributed by atoms with van der Waals surface area (Å²) in [5.41, 5.74) is 3.60. The van der Waals surface area contributed by atoms with Gasteiger partial charge in [0, 0.05) is 6.54 Å². The number of ether oxygens (including phenoxy) is 2. The highest BCUT2D eigenvalue weighted by Gasteiger charge is 2.06. The maximum Gasteiger partial charge on any atom is 0.187 e. The van der Waals surface area contributed by atoms with Gasteiger partial charge in [0.25, 0.3) is 0 Å². The van der Waals surface area contributed by atoms with Crippen molar-refractivity contribution in [1.82, 2.24) is 10.7 Å². The molecule has 0 saturated heterocycles. The largest absolute Gasteiger partial charge is 0.493 e. The van der Waals surface area contributed by atoms with E-state index in [1.165, 1.54) is 0 Å². The normalized spacial score (nSPS) is 10.5. The Morgan fingerprint density at radius 2 is 2.19 bits per heavy atom. The highest BCUT2D eigenvalue weighted by atomic mass is 32.1. The fourth-order valence-corrected chi connectivity index (χ4v) is 1.63. The Hall–Kier alpha value is -2.08. The standard InChI is InChI=1S/C15H21N3O2S/c1-5-8-16-15(21)18-17-10-12-6-7-13(19-4)14(9-12)20-11(2)3/h5-7,9-11H,1,8H2,2-4H3,(H2,16,18,21)/b17-10+. The van der Waals surface area contributed by atoms with Crippen LogP contribution in [0.15, 0.2) is 36.0 Å². The predicted molar refractivity (Wildman–Crippen MR) is 90.3 cm³/mol. The number of nitrogens with zero attached hydrogens (tertiary/aromatic N) is 1. The van der Waals surface area contributed by atoms with Gasteiger partial charge in [0.1, 0.15) is 0 Å². The number of nitrogens with one attached hydrogen (secondary N) is 2. The average molecular weight is 307 g/mol. The van der Waals surface area contributed by atoms with Gasteiger partial charge in [-0.15, -0.1) is 6.58 Å². The molecule has 0 atom stereocenters. The van der Waals surface area contributed by atoms with Gasteiger partial charge in [-0.1, -0.05) is 6.08 Å². The van der Waals surface area contributed by atoms with E-state index in [1.807, 2.05) is 32.0 Å². The van der Waals surface area contributed by atoms with Gasteiger partial charge in [-0.2, -0.15) is 5.10 Å². The van der Waals surface area contributed by atoms with Gasteiger partial charge in [-0.05, 0) is 49.8 Å². The number of hydrazone groups is 1. The summed E-state index contributed by atoms with van der Waals surface area (Å²) in [4.78, 5) is 0. The molecule has 0 bridgehead atoms. The van der Waals surface area contributed by atoms with Crippen LogP contribution < -0.4 is 20.2 Å². The Labute approximate surface area is 131 Å². The molecule has 0 aliphatic heterocycles. The van der Waals surface area contributed by atoms with Crippen molar-refractivity contribution in [1.29, 1.82) is 0 Å². The van der Waals surface area contributed by atoms with E-state index >= 15 is 0 Å². The lowest BCUT2D eigenvalue weighted by Gasteiger charge is -2.13. The van der Waals surface area contributed by atoms with Crippen LogP contribution in [0.25, 0.3) is 0 Å². The molecule has 1 aromatic carbocycles. The molecule has 6 heteroatoms. The van der Waals surface area contributed by atoms with Crippen molar-refractivity contribution in [2.75, 3.05) is 13.7 Å². The van der Waals surface area contributed by atoms with Crippen molar-refractivity contribution >= 4 is 23.5 Å². The van der Waals surface area contributed by atoms with E-state index in [4.69, 9.17) is 21.7 Å². The molecule has 0 aromatic heterocycles. The van der Waals surface area contributed by atoms with Crippen LogP contribution in [-0.4, -0.2) is 31.1 Å². The third kappa shape index (κ3) is 6.27. The van der Waals surface area contributed by atoms with Gasteiger partial charge in [0.2, 0.25) is 0 Å². The van der Waals surface area contributed by atoms with Crippen LogP contribution in [0.5, 0.6) is 11.5 Å². The van der Waals surface area contributed by atoms with Gasteiger partial charge in [-0.3, -0.25) is 5.43 Å².